The Morgan fingerprint density at radius 3 is 2.31 bits per heavy atom. The van der Waals surface area contributed by atoms with Gasteiger partial charge in [0.25, 0.3) is 0 Å². The maximum atomic E-state index is 13.4. The van der Waals surface area contributed by atoms with Crippen molar-refractivity contribution in [3.05, 3.63) is 64.4 Å². The highest BCUT2D eigenvalue weighted by Crippen LogP contribution is 2.35. The predicted octanol–water partition coefficient (Wildman–Crippen LogP) is 7.15. The first-order valence-corrected chi connectivity index (χ1v) is 13.5. The van der Waals surface area contributed by atoms with Crippen LogP contribution in [-0.4, -0.2) is 22.5 Å². The Bertz CT molecular complexity index is 836. The minimum atomic E-state index is 0.108. The molecule has 2 fully saturated rings. The van der Waals surface area contributed by atoms with Gasteiger partial charge in [0, 0.05) is 16.5 Å². The Morgan fingerprint density at radius 2 is 1.62 bits per heavy atom. The summed E-state index contributed by atoms with van der Waals surface area (Å²) in [6.45, 7) is 0.684. The topological polar surface area (TPSA) is 32.3 Å². The number of nitrogens with zero attached hydrogens (tertiary/aromatic N) is 1. The summed E-state index contributed by atoms with van der Waals surface area (Å²) in [5, 5.41) is 6.16. The molecule has 1 N–H and O–H groups in total. The number of nitrogens with one attached hydrogen (secondary N) is 1. The van der Waals surface area contributed by atoms with Crippen LogP contribution in [0.5, 0.6) is 0 Å². The summed E-state index contributed by atoms with van der Waals surface area (Å²) in [5.74, 6) is 0.108. The van der Waals surface area contributed by atoms with Crippen LogP contribution in [0.25, 0.3) is 6.08 Å². The molecule has 172 valence electrons. The molecule has 2 aromatic rings. The third-order valence-electron chi connectivity index (χ3n) is 7.20. The highest BCUT2D eigenvalue weighted by molar-refractivity contribution is 7.09. The molecule has 1 saturated heterocycles. The van der Waals surface area contributed by atoms with Crippen molar-refractivity contribution in [2.24, 2.45) is 0 Å². The molecule has 2 heterocycles. The number of piperidine rings is 1. The summed E-state index contributed by atoms with van der Waals surface area (Å²) in [4.78, 5) is 16.8. The molecule has 1 atom stereocenters. The SMILES string of the molecule is O=C(/C=C/c1ccccc1)N(Cc1cccs1)C1CCCC2(CCCCCCCCC2)N1. The summed E-state index contributed by atoms with van der Waals surface area (Å²) in [5.41, 5.74) is 1.27. The van der Waals surface area contributed by atoms with Crippen LogP contribution in [0.2, 0.25) is 0 Å². The Kier molecular flexibility index (Phi) is 8.58. The van der Waals surface area contributed by atoms with Crippen molar-refractivity contribution in [3.8, 4) is 0 Å². The van der Waals surface area contributed by atoms with E-state index in [0.717, 1.165) is 12.0 Å². The molecule has 2 aliphatic rings. The van der Waals surface area contributed by atoms with E-state index >= 15 is 0 Å². The zero-order valence-corrected chi connectivity index (χ0v) is 20.1. The molecule has 1 aromatic carbocycles. The number of benzene rings is 1. The van der Waals surface area contributed by atoms with Crippen molar-refractivity contribution in [2.75, 3.05) is 0 Å². The van der Waals surface area contributed by atoms with E-state index in [-0.39, 0.29) is 17.6 Å². The summed E-state index contributed by atoms with van der Waals surface area (Å²) >= 11 is 1.74. The van der Waals surface area contributed by atoms with Crippen LogP contribution in [-0.2, 0) is 11.3 Å². The van der Waals surface area contributed by atoms with Crippen LogP contribution in [0.4, 0.5) is 0 Å². The molecule has 0 radical (unpaired) electrons. The second-order valence-corrected chi connectivity index (χ2v) is 10.6. The largest absolute Gasteiger partial charge is 0.318 e. The van der Waals surface area contributed by atoms with Crippen molar-refractivity contribution in [3.63, 3.8) is 0 Å². The fraction of sp³-hybridized carbons (Fsp3) is 0.536. The number of hydrogen-bond acceptors (Lipinski definition) is 3. The van der Waals surface area contributed by atoms with Crippen molar-refractivity contribution < 1.29 is 4.79 Å². The lowest BCUT2D eigenvalue weighted by atomic mass is 9.78. The average molecular weight is 451 g/mol. The lowest BCUT2D eigenvalue weighted by Gasteiger charge is -2.46. The smallest absolute Gasteiger partial charge is 0.248 e. The van der Waals surface area contributed by atoms with E-state index < -0.39 is 0 Å². The van der Waals surface area contributed by atoms with Crippen LogP contribution >= 0.6 is 11.3 Å². The van der Waals surface area contributed by atoms with Crippen LogP contribution in [0, 0.1) is 0 Å². The van der Waals surface area contributed by atoms with Gasteiger partial charge in [-0.1, -0.05) is 81.3 Å². The highest BCUT2D eigenvalue weighted by atomic mass is 32.1. The molecule has 1 unspecified atom stereocenters. The average Bonchev–Trinajstić information content (AvgIpc) is 3.34. The minimum absolute atomic E-state index is 0.108. The maximum absolute atomic E-state index is 13.4. The monoisotopic (exact) mass is 450 g/mol. The van der Waals surface area contributed by atoms with Gasteiger partial charge in [-0.3, -0.25) is 10.1 Å². The molecule has 1 spiro atoms. The van der Waals surface area contributed by atoms with E-state index in [0.29, 0.717) is 6.54 Å². The summed E-state index contributed by atoms with van der Waals surface area (Å²) in [6.07, 6.45) is 19.3. The molecule has 4 heteroatoms. The molecule has 3 nitrogen and oxygen atoms in total. The van der Waals surface area contributed by atoms with E-state index in [1.165, 1.54) is 75.5 Å². The van der Waals surface area contributed by atoms with Gasteiger partial charge < -0.3 is 4.90 Å². The summed E-state index contributed by atoms with van der Waals surface area (Å²) in [7, 11) is 0. The van der Waals surface area contributed by atoms with E-state index in [1.807, 2.05) is 36.4 Å². The molecule has 1 aliphatic heterocycles. The first-order valence-electron chi connectivity index (χ1n) is 12.6. The first-order chi connectivity index (χ1) is 15.7. The Morgan fingerprint density at radius 1 is 0.938 bits per heavy atom. The Balaban J connectivity index is 1.51. The number of carbonyl (C=O) groups is 1. The third-order valence-corrected chi connectivity index (χ3v) is 8.06. The zero-order valence-electron chi connectivity index (χ0n) is 19.3. The molecule has 4 rings (SSSR count). The molecule has 1 aliphatic carbocycles. The maximum Gasteiger partial charge on any atom is 0.248 e. The number of rotatable bonds is 5. The molecule has 0 bridgehead atoms. The van der Waals surface area contributed by atoms with Gasteiger partial charge >= 0.3 is 0 Å². The molecule has 32 heavy (non-hydrogen) atoms. The molecular formula is C28H38N2OS. The van der Waals surface area contributed by atoms with Gasteiger partial charge in [-0.15, -0.1) is 11.3 Å². The van der Waals surface area contributed by atoms with Crippen LogP contribution < -0.4 is 5.32 Å². The standard InChI is InChI=1S/C28H38N2OS/c31-27(18-17-24-13-7-6-8-14-24)30(23-25-15-12-22-32-25)26-16-11-21-28(29-26)19-9-4-2-1-3-5-10-20-28/h6-8,12-15,17-18,22,26,29H,1-5,9-11,16,19-21,23H2/b18-17+. The second kappa shape index (κ2) is 11.8. The van der Waals surface area contributed by atoms with Crippen molar-refractivity contribution in [2.45, 2.75) is 95.3 Å². The van der Waals surface area contributed by atoms with E-state index in [4.69, 9.17) is 0 Å². The Hall–Kier alpha value is -1.91. The zero-order chi connectivity index (χ0) is 22.1. The van der Waals surface area contributed by atoms with Crippen LogP contribution in [0.3, 0.4) is 0 Å². The summed E-state index contributed by atoms with van der Waals surface area (Å²) in [6, 6.07) is 14.3. The third kappa shape index (κ3) is 6.55. The number of thiophene rings is 1. The van der Waals surface area contributed by atoms with Gasteiger partial charge in [0.05, 0.1) is 12.7 Å². The predicted molar refractivity (Wildman–Crippen MR) is 135 cm³/mol. The minimum Gasteiger partial charge on any atom is -0.318 e. The van der Waals surface area contributed by atoms with Gasteiger partial charge in [-0.25, -0.2) is 0 Å². The molecule has 1 saturated carbocycles. The fourth-order valence-corrected chi connectivity index (χ4v) is 6.14. The van der Waals surface area contributed by atoms with E-state index in [9.17, 15) is 4.79 Å². The van der Waals surface area contributed by atoms with Gasteiger partial charge in [-0.2, -0.15) is 0 Å². The molecule has 1 amide bonds. The van der Waals surface area contributed by atoms with Gasteiger partial charge in [0.15, 0.2) is 0 Å². The second-order valence-electron chi connectivity index (χ2n) is 9.60. The molecule has 1 aromatic heterocycles. The van der Waals surface area contributed by atoms with Crippen molar-refractivity contribution >= 4 is 23.3 Å². The van der Waals surface area contributed by atoms with Crippen molar-refractivity contribution in [1.82, 2.24) is 10.2 Å². The number of hydrogen-bond donors (Lipinski definition) is 1. The summed E-state index contributed by atoms with van der Waals surface area (Å²) < 4.78 is 0. The van der Waals surface area contributed by atoms with Crippen LogP contribution in [0.1, 0.15) is 87.5 Å². The highest BCUT2D eigenvalue weighted by Gasteiger charge is 2.38. The Labute approximate surface area is 197 Å². The van der Waals surface area contributed by atoms with Gasteiger partial charge in [-0.05, 0) is 55.2 Å². The fourth-order valence-electron chi connectivity index (χ4n) is 5.43. The number of carbonyl (C=O) groups excluding carboxylic acids is 1. The lowest BCUT2D eigenvalue weighted by Crippen LogP contribution is -2.60. The van der Waals surface area contributed by atoms with Crippen molar-refractivity contribution in [1.29, 1.82) is 0 Å². The quantitative estimate of drug-likeness (QED) is 0.490. The van der Waals surface area contributed by atoms with Gasteiger partial charge in [0.1, 0.15) is 0 Å². The normalized spacial score (nSPS) is 22.1. The van der Waals surface area contributed by atoms with Crippen LogP contribution in [0.15, 0.2) is 53.9 Å². The molecular weight excluding hydrogens is 412 g/mol. The van der Waals surface area contributed by atoms with E-state index in [2.05, 4.69) is 27.7 Å². The van der Waals surface area contributed by atoms with E-state index in [1.54, 1.807) is 17.4 Å². The first kappa shape index (κ1) is 23.3. The van der Waals surface area contributed by atoms with Gasteiger partial charge in [0.2, 0.25) is 5.91 Å². The number of amides is 1. The lowest BCUT2D eigenvalue weighted by molar-refractivity contribution is -0.131.